The van der Waals surface area contributed by atoms with Gasteiger partial charge in [-0.2, -0.15) is 0 Å². The first-order valence-corrected chi connectivity index (χ1v) is 6.68. The van der Waals surface area contributed by atoms with Crippen LogP contribution in [-0.2, 0) is 6.42 Å². The van der Waals surface area contributed by atoms with Crippen LogP contribution in [0.2, 0.25) is 0 Å². The van der Waals surface area contributed by atoms with Gasteiger partial charge in [-0.15, -0.1) is 0 Å². The lowest BCUT2D eigenvalue weighted by Gasteiger charge is -2.25. The van der Waals surface area contributed by atoms with Gasteiger partial charge < -0.3 is 5.32 Å². The Bertz CT molecular complexity index is 339. The molecule has 0 saturated carbocycles. The SMILES string of the molecule is Cc1cccc(CC(C)(C)CCNC(C)C)c1. The molecule has 1 nitrogen and oxygen atoms in total. The monoisotopic (exact) mass is 233 g/mol. The minimum Gasteiger partial charge on any atom is -0.315 e. The summed E-state index contributed by atoms with van der Waals surface area (Å²) >= 11 is 0. The fourth-order valence-corrected chi connectivity index (χ4v) is 2.16. The lowest BCUT2D eigenvalue weighted by molar-refractivity contribution is 0.320. The highest BCUT2D eigenvalue weighted by atomic mass is 14.9. The quantitative estimate of drug-likeness (QED) is 0.784. The maximum atomic E-state index is 3.50. The average Bonchev–Trinajstić information content (AvgIpc) is 2.15. The van der Waals surface area contributed by atoms with E-state index in [9.17, 15) is 0 Å². The third kappa shape index (κ3) is 5.88. The molecule has 0 aliphatic carbocycles. The first-order valence-electron chi connectivity index (χ1n) is 6.68. The predicted octanol–water partition coefficient (Wildman–Crippen LogP) is 3.95. The number of aryl methyl sites for hydroxylation is 1. The molecule has 96 valence electrons. The zero-order valence-electron chi connectivity index (χ0n) is 12.0. The Morgan fingerprint density at radius 1 is 1.24 bits per heavy atom. The lowest BCUT2D eigenvalue weighted by atomic mass is 9.82. The van der Waals surface area contributed by atoms with Crippen molar-refractivity contribution in [2.45, 2.75) is 53.5 Å². The smallest absolute Gasteiger partial charge is 0.00103 e. The maximum absolute atomic E-state index is 3.50. The molecule has 0 radical (unpaired) electrons. The Kier molecular flexibility index (Phi) is 5.20. The molecule has 0 saturated heterocycles. The van der Waals surface area contributed by atoms with Crippen molar-refractivity contribution in [2.75, 3.05) is 6.54 Å². The minimum atomic E-state index is 0.371. The van der Waals surface area contributed by atoms with Crippen molar-refractivity contribution in [2.24, 2.45) is 5.41 Å². The number of hydrogen-bond acceptors (Lipinski definition) is 1. The summed E-state index contributed by atoms with van der Waals surface area (Å²) in [6, 6.07) is 9.45. The molecule has 0 aromatic heterocycles. The molecule has 0 aliphatic heterocycles. The van der Waals surface area contributed by atoms with E-state index in [2.05, 4.69) is 64.2 Å². The van der Waals surface area contributed by atoms with Gasteiger partial charge in [0.15, 0.2) is 0 Å². The summed E-state index contributed by atoms with van der Waals surface area (Å²) in [6.07, 6.45) is 2.38. The second-order valence-corrected chi connectivity index (χ2v) is 6.19. The van der Waals surface area contributed by atoms with Gasteiger partial charge in [0.1, 0.15) is 0 Å². The van der Waals surface area contributed by atoms with Crippen LogP contribution in [-0.4, -0.2) is 12.6 Å². The molecule has 1 rings (SSSR count). The molecule has 1 heteroatoms. The number of rotatable bonds is 6. The van der Waals surface area contributed by atoms with Crippen LogP contribution < -0.4 is 5.32 Å². The summed E-state index contributed by atoms with van der Waals surface area (Å²) in [4.78, 5) is 0. The summed E-state index contributed by atoms with van der Waals surface area (Å²) in [6.45, 7) is 12.4. The normalized spacial score (nSPS) is 12.1. The molecule has 0 atom stereocenters. The van der Waals surface area contributed by atoms with Crippen LogP contribution in [0.1, 0.15) is 45.2 Å². The van der Waals surface area contributed by atoms with Gasteiger partial charge >= 0.3 is 0 Å². The van der Waals surface area contributed by atoms with Crippen molar-refractivity contribution >= 4 is 0 Å². The Morgan fingerprint density at radius 3 is 2.53 bits per heavy atom. The Labute approximate surface area is 107 Å². The predicted molar refractivity (Wildman–Crippen MR) is 76.4 cm³/mol. The molecule has 1 N–H and O–H groups in total. The summed E-state index contributed by atoms with van der Waals surface area (Å²) in [7, 11) is 0. The molecule has 0 amide bonds. The van der Waals surface area contributed by atoms with Crippen LogP contribution in [0, 0.1) is 12.3 Å². The molecular formula is C16H27N. The zero-order valence-corrected chi connectivity index (χ0v) is 12.0. The van der Waals surface area contributed by atoms with E-state index >= 15 is 0 Å². The summed E-state index contributed by atoms with van der Waals surface area (Å²) < 4.78 is 0. The first kappa shape index (κ1) is 14.2. The third-order valence-electron chi connectivity index (χ3n) is 3.12. The summed E-state index contributed by atoms with van der Waals surface area (Å²) in [5, 5.41) is 3.50. The van der Waals surface area contributed by atoms with Gasteiger partial charge in [-0.05, 0) is 37.3 Å². The maximum Gasteiger partial charge on any atom is 0.00103 e. The highest BCUT2D eigenvalue weighted by Gasteiger charge is 2.18. The van der Waals surface area contributed by atoms with Crippen LogP contribution in [0.3, 0.4) is 0 Å². The molecular weight excluding hydrogens is 206 g/mol. The van der Waals surface area contributed by atoms with Crippen LogP contribution in [0.5, 0.6) is 0 Å². The zero-order chi connectivity index (χ0) is 12.9. The highest BCUT2D eigenvalue weighted by molar-refractivity contribution is 5.23. The number of benzene rings is 1. The molecule has 0 aliphatic rings. The Balaban J connectivity index is 2.48. The van der Waals surface area contributed by atoms with Gasteiger partial charge in [-0.3, -0.25) is 0 Å². The summed E-state index contributed by atoms with van der Waals surface area (Å²) in [5.74, 6) is 0. The molecule has 1 aromatic rings. The van der Waals surface area contributed by atoms with Gasteiger partial charge in [-0.25, -0.2) is 0 Å². The van der Waals surface area contributed by atoms with Crippen LogP contribution in [0.4, 0.5) is 0 Å². The topological polar surface area (TPSA) is 12.0 Å². The molecule has 0 fully saturated rings. The standard InChI is InChI=1S/C16H27N/c1-13(2)17-10-9-16(4,5)12-15-8-6-7-14(3)11-15/h6-8,11,13,17H,9-10,12H2,1-5H3. The molecule has 0 bridgehead atoms. The van der Waals surface area contributed by atoms with E-state index in [1.807, 2.05) is 0 Å². The van der Waals surface area contributed by atoms with E-state index in [0.717, 1.165) is 13.0 Å². The van der Waals surface area contributed by atoms with Crippen LogP contribution in [0.25, 0.3) is 0 Å². The molecule has 0 spiro atoms. The molecule has 0 unspecified atom stereocenters. The Hall–Kier alpha value is -0.820. The largest absolute Gasteiger partial charge is 0.315 e. The number of nitrogens with one attached hydrogen (secondary N) is 1. The van der Waals surface area contributed by atoms with E-state index in [1.54, 1.807) is 0 Å². The van der Waals surface area contributed by atoms with Gasteiger partial charge in [-0.1, -0.05) is 57.5 Å². The molecule has 0 heterocycles. The number of hydrogen-bond donors (Lipinski definition) is 1. The van der Waals surface area contributed by atoms with Crippen LogP contribution in [0.15, 0.2) is 24.3 Å². The van der Waals surface area contributed by atoms with E-state index in [1.165, 1.54) is 17.5 Å². The van der Waals surface area contributed by atoms with E-state index in [-0.39, 0.29) is 0 Å². The van der Waals surface area contributed by atoms with E-state index in [0.29, 0.717) is 11.5 Å². The van der Waals surface area contributed by atoms with E-state index in [4.69, 9.17) is 0 Å². The highest BCUT2D eigenvalue weighted by Crippen LogP contribution is 2.25. The van der Waals surface area contributed by atoms with Crippen molar-refractivity contribution in [3.63, 3.8) is 0 Å². The van der Waals surface area contributed by atoms with Gasteiger partial charge in [0.2, 0.25) is 0 Å². The van der Waals surface area contributed by atoms with Crippen molar-refractivity contribution < 1.29 is 0 Å². The third-order valence-corrected chi connectivity index (χ3v) is 3.12. The van der Waals surface area contributed by atoms with Gasteiger partial charge in [0.05, 0.1) is 0 Å². The van der Waals surface area contributed by atoms with Crippen molar-refractivity contribution in [3.8, 4) is 0 Å². The van der Waals surface area contributed by atoms with Crippen molar-refractivity contribution in [1.29, 1.82) is 0 Å². The van der Waals surface area contributed by atoms with Crippen LogP contribution >= 0.6 is 0 Å². The lowest BCUT2D eigenvalue weighted by Crippen LogP contribution is -2.28. The fourth-order valence-electron chi connectivity index (χ4n) is 2.16. The molecule has 17 heavy (non-hydrogen) atoms. The molecule has 1 aromatic carbocycles. The minimum absolute atomic E-state index is 0.371. The van der Waals surface area contributed by atoms with Crippen molar-refractivity contribution in [3.05, 3.63) is 35.4 Å². The van der Waals surface area contributed by atoms with E-state index < -0.39 is 0 Å². The summed E-state index contributed by atoms with van der Waals surface area (Å²) in [5.41, 5.74) is 3.19. The van der Waals surface area contributed by atoms with Crippen molar-refractivity contribution in [1.82, 2.24) is 5.32 Å². The fraction of sp³-hybridized carbons (Fsp3) is 0.625. The first-order chi connectivity index (χ1) is 7.89. The van der Waals surface area contributed by atoms with Gasteiger partial charge in [0, 0.05) is 6.04 Å². The second-order valence-electron chi connectivity index (χ2n) is 6.19. The average molecular weight is 233 g/mol. The van der Waals surface area contributed by atoms with Gasteiger partial charge in [0.25, 0.3) is 0 Å². The Morgan fingerprint density at radius 2 is 1.94 bits per heavy atom. The second kappa shape index (κ2) is 6.20.